The number of pyridine rings is 1. The lowest BCUT2D eigenvalue weighted by atomic mass is 10.0. The SMILES string of the molecule is COC(=O)C(=O)Nc1ccc(C[C@H](NC(=O)Cc2cccc3ccccc23)C(=O)Nc2c(C)ccn(Cc3ccc(OC)cc3)c2=O)cc1. The standard InChI is InChI=1S/C38H36N4O7/c1-24-19-20-42(23-26-13-17-30(48-2)18-14-26)37(46)34(24)41-35(44)32(21-25-11-15-29(16-12-25)39-36(45)38(47)49-3)40-33(43)22-28-9-6-8-27-7-4-5-10-31(27)28/h4-20,32H,21-23H2,1-3H3,(H,39,45)(H,40,43)(H,41,44)/t32-/m0/s1. The maximum Gasteiger partial charge on any atom is 0.396 e. The minimum Gasteiger partial charge on any atom is -0.497 e. The Bertz CT molecular complexity index is 2050. The van der Waals surface area contributed by atoms with E-state index in [4.69, 9.17) is 4.74 Å². The zero-order valence-corrected chi connectivity index (χ0v) is 27.3. The van der Waals surface area contributed by atoms with Crippen LogP contribution >= 0.6 is 0 Å². The van der Waals surface area contributed by atoms with Gasteiger partial charge in [-0.25, -0.2) is 4.79 Å². The fourth-order valence-corrected chi connectivity index (χ4v) is 5.39. The van der Waals surface area contributed by atoms with Crippen LogP contribution in [0.25, 0.3) is 10.8 Å². The van der Waals surface area contributed by atoms with Crippen molar-refractivity contribution in [2.75, 3.05) is 24.9 Å². The molecule has 0 aliphatic carbocycles. The summed E-state index contributed by atoms with van der Waals surface area (Å²) in [7, 11) is 2.69. The monoisotopic (exact) mass is 660 g/mol. The Morgan fingerprint density at radius 1 is 0.796 bits per heavy atom. The second kappa shape index (κ2) is 15.6. The summed E-state index contributed by atoms with van der Waals surface area (Å²) in [6, 6.07) is 27.9. The van der Waals surface area contributed by atoms with Crippen LogP contribution in [0, 0.1) is 6.92 Å². The molecule has 4 aromatic carbocycles. The third-order valence-electron chi connectivity index (χ3n) is 8.04. The third-order valence-corrected chi connectivity index (χ3v) is 8.04. The zero-order chi connectivity index (χ0) is 34.9. The molecule has 5 rings (SSSR count). The highest BCUT2D eigenvalue weighted by molar-refractivity contribution is 6.37. The molecule has 0 radical (unpaired) electrons. The smallest absolute Gasteiger partial charge is 0.396 e. The number of nitrogens with zero attached hydrogens (tertiary/aromatic N) is 1. The van der Waals surface area contributed by atoms with Gasteiger partial charge in [0.1, 0.15) is 17.5 Å². The fraction of sp³-hybridized carbons (Fsp3) is 0.184. The second-order valence-electron chi connectivity index (χ2n) is 11.4. The Hall–Kier alpha value is -6.23. The Labute approximate surface area is 282 Å². The van der Waals surface area contributed by atoms with Gasteiger partial charge in [-0.3, -0.25) is 19.2 Å². The van der Waals surface area contributed by atoms with E-state index in [0.717, 1.165) is 29.0 Å². The first-order valence-corrected chi connectivity index (χ1v) is 15.5. The van der Waals surface area contributed by atoms with Gasteiger partial charge in [0, 0.05) is 18.3 Å². The van der Waals surface area contributed by atoms with Crippen molar-refractivity contribution < 1.29 is 28.7 Å². The molecule has 5 aromatic rings. The fourth-order valence-electron chi connectivity index (χ4n) is 5.39. The van der Waals surface area contributed by atoms with Gasteiger partial charge in [-0.2, -0.15) is 0 Å². The van der Waals surface area contributed by atoms with Gasteiger partial charge in [0.15, 0.2) is 0 Å². The summed E-state index contributed by atoms with van der Waals surface area (Å²) in [5.41, 5.74) is 2.96. The molecular weight excluding hydrogens is 624 g/mol. The molecule has 1 aromatic heterocycles. The van der Waals surface area contributed by atoms with Crippen molar-refractivity contribution in [2.24, 2.45) is 0 Å². The van der Waals surface area contributed by atoms with Gasteiger partial charge in [0.05, 0.1) is 27.2 Å². The molecule has 1 atom stereocenters. The Morgan fingerprint density at radius 2 is 1.49 bits per heavy atom. The van der Waals surface area contributed by atoms with E-state index < -0.39 is 29.4 Å². The number of esters is 1. The molecule has 0 aliphatic rings. The minimum atomic E-state index is -1.06. The van der Waals surface area contributed by atoms with Crippen molar-refractivity contribution in [2.45, 2.75) is 32.4 Å². The first-order valence-electron chi connectivity index (χ1n) is 15.5. The van der Waals surface area contributed by atoms with E-state index in [-0.39, 0.29) is 31.0 Å². The van der Waals surface area contributed by atoms with E-state index >= 15 is 0 Å². The van der Waals surface area contributed by atoms with Crippen LogP contribution in [-0.2, 0) is 43.3 Å². The Balaban J connectivity index is 1.38. The molecule has 0 aliphatic heterocycles. The topological polar surface area (TPSA) is 145 Å². The highest BCUT2D eigenvalue weighted by Crippen LogP contribution is 2.20. The lowest BCUT2D eigenvalue weighted by Gasteiger charge is -2.20. The number of ether oxygens (including phenoxy) is 2. The van der Waals surface area contributed by atoms with Crippen LogP contribution in [-0.4, -0.2) is 48.5 Å². The lowest BCUT2D eigenvalue weighted by Crippen LogP contribution is -2.46. The summed E-state index contributed by atoms with van der Waals surface area (Å²) in [5, 5.41) is 10.0. The van der Waals surface area contributed by atoms with Gasteiger partial charge in [0.2, 0.25) is 11.8 Å². The summed E-state index contributed by atoms with van der Waals surface area (Å²) in [4.78, 5) is 64.3. The molecule has 250 valence electrons. The normalized spacial score (nSPS) is 11.3. The number of amides is 3. The average molecular weight is 661 g/mol. The second-order valence-corrected chi connectivity index (χ2v) is 11.4. The van der Waals surface area contributed by atoms with E-state index in [1.54, 1.807) is 50.6 Å². The Morgan fingerprint density at radius 3 is 2.20 bits per heavy atom. The average Bonchev–Trinajstić information content (AvgIpc) is 3.11. The summed E-state index contributed by atoms with van der Waals surface area (Å²) in [5.74, 6) is -2.21. The van der Waals surface area contributed by atoms with Crippen LogP contribution in [0.4, 0.5) is 11.4 Å². The lowest BCUT2D eigenvalue weighted by molar-refractivity contribution is -0.150. The minimum absolute atomic E-state index is 0.0304. The molecule has 3 N–H and O–H groups in total. The van der Waals surface area contributed by atoms with Crippen molar-refractivity contribution in [3.8, 4) is 5.75 Å². The molecule has 0 saturated carbocycles. The molecule has 0 fully saturated rings. The molecule has 3 amide bonds. The number of methoxy groups -OCH3 is 2. The van der Waals surface area contributed by atoms with Crippen LogP contribution in [0.2, 0.25) is 0 Å². The van der Waals surface area contributed by atoms with Gasteiger partial charge in [0.25, 0.3) is 5.56 Å². The van der Waals surface area contributed by atoms with E-state index in [9.17, 15) is 24.0 Å². The van der Waals surface area contributed by atoms with Crippen LogP contribution in [0.1, 0.15) is 22.3 Å². The molecule has 1 heterocycles. The molecule has 0 unspecified atom stereocenters. The number of benzene rings is 4. The molecule has 11 heteroatoms. The maximum absolute atomic E-state index is 13.9. The number of hydrogen-bond acceptors (Lipinski definition) is 7. The summed E-state index contributed by atoms with van der Waals surface area (Å²) in [6.45, 7) is 2.00. The first-order chi connectivity index (χ1) is 23.6. The molecule has 0 spiro atoms. The van der Waals surface area contributed by atoms with E-state index in [1.807, 2.05) is 66.7 Å². The van der Waals surface area contributed by atoms with Crippen molar-refractivity contribution in [1.29, 1.82) is 0 Å². The van der Waals surface area contributed by atoms with E-state index in [2.05, 4.69) is 20.7 Å². The number of hydrogen-bond donors (Lipinski definition) is 3. The summed E-state index contributed by atoms with van der Waals surface area (Å²) in [6.07, 6.45) is 1.77. The summed E-state index contributed by atoms with van der Waals surface area (Å²) >= 11 is 0. The first kappa shape index (κ1) is 34.1. The molecule has 11 nitrogen and oxygen atoms in total. The number of rotatable bonds is 11. The van der Waals surface area contributed by atoms with Gasteiger partial charge >= 0.3 is 11.9 Å². The van der Waals surface area contributed by atoms with Crippen LogP contribution in [0.3, 0.4) is 0 Å². The predicted octanol–water partition coefficient (Wildman–Crippen LogP) is 4.39. The third kappa shape index (κ3) is 8.58. The van der Waals surface area contributed by atoms with Gasteiger partial charge in [-0.1, -0.05) is 66.7 Å². The number of aryl methyl sites for hydroxylation is 1. The highest BCUT2D eigenvalue weighted by atomic mass is 16.5. The highest BCUT2D eigenvalue weighted by Gasteiger charge is 2.24. The zero-order valence-electron chi connectivity index (χ0n) is 27.3. The number of fused-ring (bicyclic) bond motifs is 1. The van der Waals surface area contributed by atoms with Crippen LogP contribution < -0.4 is 26.2 Å². The molecular formula is C38H36N4O7. The molecule has 0 bridgehead atoms. The van der Waals surface area contributed by atoms with Crippen LogP contribution in [0.5, 0.6) is 5.75 Å². The summed E-state index contributed by atoms with van der Waals surface area (Å²) < 4.78 is 11.2. The number of carbonyl (C=O) groups is 4. The van der Waals surface area contributed by atoms with Crippen molar-refractivity contribution >= 4 is 45.8 Å². The number of nitrogens with one attached hydrogen (secondary N) is 3. The van der Waals surface area contributed by atoms with Crippen molar-refractivity contribution in [3.05, 3.63) is 136 Å². The number of aromatic nitrogens is 1. The van der Waals surface area contributed by atoms with Gasteiger partial charge in [-0.15, -0.1) is 0 Å². The van der Waals surface area contributed by atoms with Crippen molar-refractivity contribution in [3.63, 3.8) is 0 Å². The van der Waals surface area contributed by atoms with Gasteiger partial charge < -0.3 is 30.0 Å². The van der Waals surface area contributed by atoms with Crippen LogP contribution in [0.15, 0.2) is 108 Å². The number of anilines is 2. The largest absolute Gasteiger partial charge is 0.497 e. The number of carbonyl (C=O) groups excluding carboxylic acids is 4. The van der Waals surface area contributed by atoms with Gasteiger partial charge in [-0.05, 0) is 70.3 Å². The van der Waals surface area contributed by atoms with E-state index in [1.165, 1.54) is 4.57 Å². The molecule has 0 saturated heterocycles. The quantitative estimate of drug-likeness (QED) is 0.141. The van der Waals surface area contributed by atoms with Crippen molar-refractivity contribution in [1.82, 2.24) is 9.88 Å². The Kier molecular flexibility index (Phi) is 10.8. The molecule has 49 heavy (non-hydrogen) atoms. The van der Waals surface area contributed by atoms with E-state index in [0.29, 0.717) is 22.6 Å². The predicted molar refractivity (Wildman–Crippen MR) is 187 cm³/mol. The maximum atomic E-state index is 13.9.